The van der Waals surface area contributed by atoms with E-state index in [2.05, 4.69) is 15.6 Å². The SMILES string of the molecule is [Cl][Ru]([Cl])=[CH][Se]c1ccccc1. The predicted molar refractivity (Wildman–Crippen MR) is 49.6 cm³/mol. The summed E-state index contributed by atoms with van der Waals surface area (Å²) < 4.78 is 3.40. The van der Waals surface area contributed by atoms with E-state index in [1.165, 1.54) is 4.46 Å². The molecule has 1 aromatic carbocycles. The second-order valence-electron chi connectivity index (χ2n) is 1.72. The van der Waals surface area contributed by atoms with Gasteiger partial charge in [0.25, 0.3) is 0 Å². The third kappa shape index (κ3) is 4.40. The van der Waals surface area contributed by atoms with Crippen molar-refractivity contribution in [3.8, 4) is 0 Å². The van der Waals surface area contributed by atoms with Crippen LogP contribution in [0, 0.1) is 0 Å². The summed E-state index contributed by atoms with van der Waals surface area (Å²) >= 11 is -1.17. The molecule has 1 rings (SSSR count). The van der Waals surface area contributed by atoms with Crippen LogP contribution in [-0.2, 0) is 13.5 Å². The Balaban J connectivity index is 2.59. The van der Waals surface area contributed by atoms with E-state index in [-0.39, 0.29) is 0 Å². The number of halogens is 2. The van der Waals surface area contributed by atoms with E-state index in [9.17, 15) is 0 Å². The molecule has 0 spiro atoms. The van der Waals surface area contributed by atoms with Gasteiger partial charge in [-0.05, 0) is 0 Å². The molecule has 0 aliphatic heterocycles. The summed E-state index contributed by atoms with van der Waals surface area (Å²) in [6, 6.07) is 10.3. The van der Waals surface area contributed by atoms with Crippen molar-refractivity contribution in [2.75, 3.05) is 0 Å². The van der Waals surface area contributed by atoms with Gasteiger partial charge in [-0.25, -0.2) is 0 Å². The summed E-state index contributed by atoms with van der Waals surface area (Å²) in [6.07, 6.45) is 0. The molecule has 0 aromatic heterocycles. The van der Waals surface area contributed by atoms with Gasteiger partial charge in [-0.1, -0.05) is 0 Å². The van der Waals surface area contributed by atoms with E-state index in [0.717, 1.165) is 0 Å². The van der Waals surface area contributed by atoms with Gasteiger partial charge in [-0.15, -0.1) is 0 Å². The Morgan fingerprint density at radius 2 is 1.82 bits per heavy atom. The molecule has 0 heterocycles. The average Bonchev–Trinajstić information content (AvgIpc) is 2.03. The Labute approximate surface area is 85.6 Å². The van der Waals surface area contributed by atoms with Crippen LogP contribution >= 0.6 is 19.4 Å². The fraction of sp³-hybridized carbons (Fsp3) is 0. The van der Waals surface area contributed by atoms with Crippen molar-refractivity contribution >= 4 is 42.3 Å². The van der Waals surface area contributed by atoms with Gasteiger partial charge in [0.2, 0.25) is 0 Å². The molecule has 0 aliphatic rings. The molecule has 0 radical (unpaired) electrons. The fourth-order valence-electron chi connectivity index (χ4n) is 0.579. The molecule has 0 saturated carbocycles. The molecule has 0 saturated heterocycles. The Morgan fingerprint density at radius 3 is 2.36 bits per heavy atom. The second kappa shape index (κ2) is 5.46. The van der Waals surface area contributed by atoms with E-state index in [1.807, 2.05) is 18.2 Å². The van der Waals surface area contributed by atoms with Crippen LogP contribution in [-0.4, -0.2) is 18.5 Å². The number of rotatable bonds is 2. The van der Waals surface area contributed by atoms with Gasteiger partial charge >= 0.3 is 86.2 Å². The van der Waals surface area contributed by atoms with E-state index in [1.54, 1.807) is 0 Å². The van der Waals surface area contributed by atoms with Gasteiger partial charge in [0.15, 0.2) is 0 Å². The molecule has 0 amide bonds. The summed E-state index contributed by atoms with van der Waals surface area (Å²) in [6.45, 7) is 0. The molecule has 0 atom stereocenters. The summed E-state index contributed by atoms with van der Waals surface area (Å²) in [5.74, 6) is 0. The van der Waals surface area contributed by atoms with Crippen LogP contribution in [0.3, 0.4) is 0 Å². The van der Waals surface area contributed by atoms with Gasteiger partial charge < -0.3 is 0 Å². The van der Waals surface area contributed by atoms with Crippen molar-refractivity contribution < 1.29 is 13.5 Å². The molecule has 11 heavy (non-hydrogen) atoms. The topological polar surface area (TPSA) is 0 Å². The van der Waals surface area contributed by atoms with E-state index >= 15 is 0 Å². The van der Waals surface area contributed by atoms with Crippen molar-refractivity contribution in [2.45, 2.75) is 0 Å². The first kappa shape index (κ1) is 9.90. The fourth-order valence-corrected chi connectivity index (χ4v) is 5.54. The molecular weight excluding hydrogens is 335 g/mol. The van der Waals surface area contributed by atoms with Crippen LogP contribution in [0.15, 0.2) is 30.3 Å². The summed E-state index contributed by atoms with van der Waals surface area (Å²) in [4.78, 5) is 0. The molecule has 0 nitrogen and oxygen atoms in total. The van der Waals surface area contributed by atoms with Gasteiger partial charge in [-0.3, -0.25) is 0 Å². The Morgan fingerprint density at radius 1 is 1.18 bits per heavy atom. The number of benzene rings is 1. The first-order chi connectivity index (χ1) is 5.29. The molecule has 0 fully saturated rings. The van der Waals surface area contributed by atoms with Crippen LogP contribution in [0.4, 0.5) is 0 Å². The van der Waals surface area contributed by atoms with Crippen molar-refractivity contribution in [2.24, 2.45) is 0 Å². The average molecular weight is 341 g/mol. The third-order valence-corrected chi connectivity index (χ3v) is 9.11. The Bertz CT molecular complexity index is 244. The zero-order chi connectivity index (χ0) is 8.10. The van der Waals surface area contributed by atoms with Gasteiger partial charge in [-0.2, -0.15) is 0 Å². The van der Waals surface area contributed by atoms with Crippen LogP contribution < -0.4 is 4.46 Å². The first-order valence-corrected chi connectivity index (χ1v) is 10.1. The van der Waals surface area contributed by atoms with Crippen molar-refractivity contribution in [1.82, 2.24) is 0 Å². The predicted octanol–water partition coefficient (Wildman–Crippen LogP) is 1.70. The van der Waals surface area contributed by atoms with Crippen LogP contribution in [0.1, 0.15) is 0 Å². The van der Waals surface area contributed by atoms with Crippen LogP contribution in [0.5, 0.6) is 0 Å². The molecular formula is C7H6Cl2RuSe. The Kier molecular flexibility index (Phi) is 4.91. The number of hydrogen-bond acceptors (Lipinski definition) is 0. The van der Waals surface area contributed by atoms with Gasteiger partial charge in [0.05, 0.1) is 0 Å². The zero-order valence-electron chi connectivity index (χ0n) is 5.48. The standard InChI is InChI=1S/C7H6Se.2ClH.Ru/c1-8-7-5-3-2-4-6-7;;;/h1-6H;2*1H;/q;;;+2/p-2. The quantitative estimate of drug-likeness (QED) is 0.719. The monoisotopic (exact) mass is 342 g/mol. The van der Waals surface area contributed by atoms with Gasteiger partial charge in [0.1, 0.15) is 0 Å². The van der Waals surface area contributed by atoms with Gasteiger partial charge in [0, 0.05) is 0 Å². The molecule has 62 valence electrons. The maximum absolute atomic E-state index is 5.70. The minimum absolute atomic E-state index is 0.365. The minimum atomic E-state index is -1.53. The number of hydrogen-bond donors (Lipinski definition) is 0. The van der Waals surface area contributed by atoms with Crippen molar-refractivity contribution in [1.29, 1.82) is 0 Å². The summed E-state index contributed by atoms with van der Waals surface area (Å²) in [5.41, 5.74) is 0. The molecule has 0 unspecified atom stereocenters. The van der Waals surface area contributed by atoms with Crippen LogP contribution in [0.25, 0.3) is 0 Å². The normalized spacial score (nSPS) is 10.9. The molecule has 0 N–H and O–H groups in total. The summed E-state index contributed by atoms with van der Waals surface area (Å²) in [7, 11) is 11.4. The second-order valence-corrected chi connectivity index (χ2v) is 10.9. The molecule has 4 heteroatoms. The van der Waals surface area contributed by atoms with Crippen molar-refractivity contribution in [3.63, 3.8) is 0 Å². The van der Waals surface area contributed by atoms with Crippen molar-refractivity contribution in [3.05, 3.63) is 30.3 Å². The van der Waals surface area contributed by atoms with E-state index < -0.39 is 13.5 Å². The zero-order valence-corrected chi connectivity index (χ0v) is 10.4. The third-order valence-electron chi connectivity index (χ3n) is 0.984. The first-order valence-electron chi connectivity index (χ1n) is 2.82. The van der Waals surface area contributed by atoms with E-state index in [4.69, 9.17) is 19.4 Å². The van der Waals surface area contributed by atoms with Crippen LogP contribution in [0.2, 0.25) is 0 Å². The molecule has 0 bridgehead atoms. The Hall–Kier alpha value is 0.813. The molecule has 1 aromatic rings. The summed E-state index contributed by atoms with van der Waals surface area (Å²) in [5, 5.41) is 0. The molecule has 0 aliphatic carbocycles. The maximum atomic E-state index is 5.70. The van der Waals surface area contributed by atoms with E-state index in [0.29, 0.717) is 15.0 Å².